The second kappa shape index (κ2) is 8.18. The van der Waals surface area contributed by atoms with Crippen molar-refractivity contribution in [3.63, 3.8) is 0 Å². The lowest BCUT2D eigenvalue weighted by atomic mass is 10.0. The number of nitrogens with zero attached hydrogens (tertiary/aromatic N) is 2. The van der Waals surface area contributed by atoms with Crippen LogP contribution in [0.5, 0.6) is 5.75 Å². The van der Waals surface area contributed by atoms with E-state index in [1.807, 2.05) is 18.2 Å². The summed E-state index contributed by atoms with van der Waals surface area (Å²) >= 11 is 0. The van der Waals surface area contributed by atoms with Crippen LogP contribution in [0.15, 0.2) is 42.5 Å². The van der Waals surface area contributed by atoms with E-state index < -0.39 is 10.0 Å². The van der Waals surface area contributed by atoms with E-state index >= 15 is 0 Å². The Morgan fingerprint density at radius 3 is 2.40 bits per heavy atom. The van der Waals surface area contributed by atoms with Crippen LogP contribution in [0.2, 0.25) is 0 Å². The first-order valence-corrected chi connectivity index (χ1v) is 12.0. The highest BCUT2D eigenvalue weighted by Crippen LogP contribution is 2.31. The molecule has 0 spiro atoms. The van der Waals surface area contributed by atoms with E-state index in [0.29, 0.717) is 24.2 Å². The Bertz CT molecular complexity index is 1030. The van der Waals surface area contributed by atoms with Crippen molar-refractivity contribution in [2.24, 2.45) is 0 Å². The molecule has 2 aromatic rings. The smallest absolute Gasteiger partial charge is 0.251 e. The molecule has 2 aliphatic rings. The molecule has 1 fully saturated rings. The van der Waals surface area contributed by atoms with Gasteiger partial charge in [0.1, 0.15) is 5.75 Å². The largest absolute Gasteiger partial charge is 0.497 e. The van der Waals surface area contributed by atoms with Crippen LogP contribution in [0.25, 0.3) is 0 Å². The number of hydrogen-bond donors (Lipinski definition) is 1. The molecule has 4 rings (SSSR count). The highest BCUT2D eigenvalue weighted by Gasteiger charge is 2.27. The van der Waals surface area contributed by atoms with Crippen LogP contribution in [-0.2, 0) is 16.4 Å². The first-order valence-electron chi connectivity index (χ1n) is 10.2. The minimum Gasteiger partial charge on any atom is -0.497 e. The second-order valence-corrected chi connectivity index (χ2v) is 9.77. The van der Waals surface area contributed by atoms with E-state index in [1.165, 1.54) is 10.6 Å². The topological polar surface area (TPSA) is 79.0 Å². The highest BCUT2D eigenvalue weighted by atomic mass is 32.2. The molecule has 0 atom stereocenters. The monoisotopic (exact) mass is 429 g/mol. The Labute approximate surface area is 177 Å². The standard InChI is InChI=1S/C22H27N3O4S/c1-29-20-6-4-19(5-7-20)24-12-10-18(11-13-24)23-22(26)17-3-8-21-16(15-17)9-14-25(21)30(2,27)28/h3-8,15,18H,9-14H2,1-2H3,(H,23,26). The normalized spacial score (nSPS) is 17.0. The van der Waals surface area contributed by atoms with E-state index in [4.69, 9.17) is 4.74 Å². The Morgan fingerprint density at radius 1 is 1.07 bits per heavy atom. The molecule has 7 nitrogen and oxygen atoms in total. The maximum Gasteiger partial charge on any atom is 0.251 e. The minimum absolute atomic E-state index is 0.0986. The lowest BCUT2D eigenvalue weighted by Crippen LogP contribution is -2.44. The molecule has 0 unspecified atom stereocenters. The molecule has 0 saturated carbocycles. The number of methoxy groups -OCH3 is 1. The quantitative estimate of drug-likeness (QED) is 0.790. The summed E-state index contributed by atoms with van der Waals surface area (Å²) in [7, 11) is -1.62. The SMILES string of the molecule is COc1ccc(N2CCC(NC(=O)c3ccc4c(c3)CCN4S(C)(=O)=O)CC2)cc1. The van der Waals surface area contributed by atoms with E-state index in [0.717, 1.165) is 42.9 Å². The van der Waals surface area contributed by atoms with Gasteiger partial charge in [-0.15, -0.1) is 0 Å². The third-order valence-electron chi connectivity index (χ3n) is 5.86. The lowest BCUT2D eigenvalue weighted by Gasteiger charge is -2.34. The molecule has 1 saturated heterocycles. The van der Waals surface area contributed by atoms with Gasteiger partial charge >= 0.3 is 0 Å². The van der Waals surface area contributed by atoms with Gasteiger partial charge in [0.15, 0.2) is 0 Å². The van der Waals surface area contributed by atoms with Crippen molar-refractivity contribution in [2.45, 2.75) is 25.3 Å². The van der Waals surface area contributed by atoms with E-state index in [9.17, 15) is 13.2 Å². The van der Waals surface area contributed by atoms with Gasteiger partial charge < -0.3 is 15.0 Å². The number of amides is 1. The molecule has 2 heterocycles. The molecule has 30 heavy (non-hydrogen) atoms. The van der Waals surface area contributed by atoms with E-state index in [1.54, 1.807) is 19.2 Å². The number of anilines is 2. The molecule has 0 bridgehead atoms. The first kappa shape index (κ1) is 20.5. The number of fused-ring (bicyclic) bond motifs is 1. The Balaban J connectivity index is 1.35. The van der Waals surface area contributed by atoms with Crippen molar-refractivity contribution in [1.29, 1.82) is 0 Å². The molecule has 0 radical (unpaired) electrons. The van der Waals surface area contributed by atoms with Crippen LogP contribution < -0.4 is 19.3 Å². The van der Waals surface area contributed by atoms with Crippen LogP contribution in [-0.4, -0.2) is 53.4 Å². The van der Waals surface area contributed by atoms with Gasteiger partial charge in [-0.2, -0.15) is 0 Å². The summed E-state index contributed by atoms with van der Waals surface area (Å²) in [5.74, 6) is 0.744. The Kier molecular flexibility index (Phi) is 5.60. The number of ether oxygens (including phenoxy) is 1. The molecule has 2 aromatic carbocycles. The third kappa shape index (κ3) is 4.23. The number of carbonyl (C=O) groups excluding carboxylic acids is 1. The number of piperidine rings is 1. The maximum atomic E-state index is 12.7. The van der Waals surface area contributed by atoms with E-state index in [2.05, 4.69) is 22.3 Å². The number of hydrogen-bond acceptors (Lipinski definition) is 5. The second-order valence-electron chi connectivity index (χ2n) is 7.86. The summed E-state index contributed by atoms with van der Waals surface area (Å²) in [5, 5.41) is 3.14. The van der Waals surface area contributed by atoms with Crippen molar-refractivity contribution in [2.75, 3.05) is 42.2 Å². The van der Waals surface area contributed by atoms with Crippen LogP contribution in [0.3, 0.4) is 0 Å². The summed E-state index contributed by atoms with van der Waals surface area (Å²) in [6, 6.07) is 13.4. The third-order valence-corrected chi connectivity index (χ3v) is 7.04. The molecule has 0 aromatic heterocycles. The summed E-state index contributed by atoms with van der Waals surface area (Å²) in [5.41, 5.74) is 3.33. The summed E-state index contributed by atoms with van der Waals surface area (Å²) in [6.07, 6.45) is 3.60. The number of carbonyl (C=O) groups is 1. The first-order chi connectivity index (χ1) is 14.3. The van der Waals surface area contributed by atoms with Crippen LogP contribution >= 0.6 is 0 Å². The Hall–Kier alpha value is -2.74. The maximum absolute atomic E-state index is 12.7. The number of rotatable bonds is 5. The fraction of sp³-hybridized carbons (Fsp3) is 0.409. The van der Waals surface area contributed by atoms with E-state index in [-0.39, 0.29) is 11.9 Å². The molecule has 1 amide bonds. The minimum atomic E-state index is -3.28. The molecule has 2 aliphatic heterocycles. The predicted molar refractivity (Wildman–Crippen MR) is 118 cm³/mol. The van der Waals surface area contributed by atoms with Crippen molar-refractivity contribution < 1.29 is 17.9 Å². The van der Waals surface area contributed by atoms with Gasteiger partial charge in [-0.1, -0.05) is 0 Å². The zero-order valence-electron chi connectivity index (χ0n) is 17.3. The van der Waals surface area contributed by atoms with Crippen molar-refractivity contribution in [3.8, 4) is 5.75 Å². The van der Waals surface area contributed by atoms with Gasteiger partial charge in [0.2, 0.25) is 10.0 Å². The van der Waals surface area contributed by atoms with Gasteiger partial charge in [-0.3, -0.25) is 9.10 Å². The average molecular weight is 430 g/mol. The van der Waals surface area contributed by atoms with Gasteiger partial charge in [-0.05, 0) is 67.3 Å². The average Bonchev–Trinajstić information content (AvgIpc) is 3.18. The molecular weight excluding hydrogens is 402 g/mol. The molecule has 0 aliphatic carbocycles. The molecule has 8 heteroatoms. The van der Waals surface area contributed by atoms with Crippen LogP contribution in [0.4, 0.5) is 11.4 Å². The van der Waals surface area contributed by atoms with Crippen molar-refractivity contribution in [3.05, 3.63) is 53.6 Å². The number of nitrogens with one attached hydrogen (secondary N) is 1. The van der Waals surface area contributed by atoms with Crippen LogP contribution in [0.1, 0.15) is 28.8 Å². The zero-order valence-corrected chi connectivity index (χ0v) is 18.1. The number of sulfonamides is 1. The van der Waals surface area contributed by atoms with Gasteiger partial charge in [0.25, 0.3) is 5.91 Å². The molecular formula is C22H27N3O4S. The predicted octanol–water partition coefficient (Wildman–Crippen LogP) is 2.42. The fourth-order valence-corrected chi connectivity index (χ4v) is 5.16. The van der Waals surface area contributed by atoms with Crippen molar-refractivity contribution in [1.82, 2.24) is 5.32 Å². The summed E-state index contributed by atoms with van der Waals surface area (Å²) < 4.78 is 30.4. The summed E-state index contributed by atoms with van der Waals surface area (Å²) in [6.45, 7) is 2.19. The highest BCUT2D eigenvalue weighted by molar-refractivity contribution is 7.92. The Morgan fingerprint density at radius 2 is 1.77 bits per heavy atom. The molecule has 1 N–H and O–H groups in total. The van der Waals surface area contributed by atoms with Gasteiger partial charge in [0.05, 0.1) is 19.1 Å². The van der Waals surface area contributed by atoms with Gasteiger partial charge in [0, 0.05) is 36.9 Å². The fourth-order valence-electron chi connectivity index (χ4n) is 4.20. The van der Waals surface area contributed by atoms with Gasteiger partial charge in [-0.25, -0.2) is 8.42 Å². The summed E-state index contributed by atoms with van der Waals surface area (Å²) in [4.78, 5) is 15.1. The molecule has 160 valence electrons. The zero-order chi connectivity index (χ0) is 21.3. The lowest BCUT2D eigenvalue weighted by molar-refractivity contribution is 0.0931. The number of benzene rings is 2. The van der Waals surface area contributed by atoms with Crippen LogP contribution in [0, 0.1) is 0 Å². The van der Waals surface area contributed by atoms with Crippen molar-refractivity contribution >= 4 is 27.3 Å².